The minimum atomic E-state index is 0.711. The summed E-state index contributed by atoms with van der Waals surface area (Å²) in [4.78, 5) is 2.58. The fraction of sp³-hybridized carbons (Fsp3) is 1.00. The lowest BCUT2D eigenvalue weighted by Gasteiger charge is -2.35. The molecule has 3 nitrogen and oxygen atoms in total. The standard InChI is InChI=1S/C14H30N2O/c1-13(2)7-11-17-12-10-16-9-4-3-5-14(16)6-8-15/h13-14H,3-12,15H2,1-2H3. The average Bonchev–Trinajstić information content (AvgIpc) is 2.31. The first kappa shape index (κ1) is 14.9. The zero-order valence-electron chi connectivity index (χ0n) is 11.7. The van der Waals surface area contributed by atoms with Crippen LogP contribution < -0.4 is 5.73 Å². The maximum absolute atomic E-state index is 5.70. The molecule has 3 heteroatoms. The van der Waals surface area contributed by atoms with E-state index < -0.39 is 0 Å². The molecule has 1 saturated heterocycles. The number of rotatable bonds is 8. The normalized spacial score (nSPS) is 22.2. The maximum atomic E-state index is 5.70. The maximum Gasteiger partial charge on any atom is 0.0593 e. The highest BCUT2D eigenvalue weighted by molar-refractivity contribution is 4.76. The molecule has 17 heavy (non-hydrogen) atoms. The van der Waals surface area contributed by atoms with Crippen molar-refractivity contribution in [2.24, 2.45) is 11.7 Å². The number of hydrogen-bond donors (Lipinski definition) is 1. The van der Waals surface area contributed by atoms with E-state index in [-0.39, 0.29) is 0 Å². The zero-order chi connectivity index (χ0) is 12.5. The van der Waals surface area contributed by atoms with Crippen LogP contribution in [0.3, 0.4) is 0 Å². The minimum Gasteiger partial charge on any atom is -0.380 e. The number of piperidine rings is 1. The van der Waals surface area contributed by atoms with Crippen LogP contribution in [0.25, 0.3) is 0 Å². The molecule has 0 bridgehead atoms. The molecule has 1 aliphatic rings. The van der Waals surface area contributed by atoms with Crippen LogP contribution in [0.5, 0.6) is 0 Å². The molecule has 1 aliphatic heterocycles. The SMILES string of the molecule is CC(C)CCOCCN1CCCCC1CCN. The lowest BCUT2D eigenvalue weighted by atomic mass is 9.99. The predicted octanol–water partition coefficient (Wildman–Crippen LogP) is 2.25. The van der Waals surface area contributed by atoms with Crippen molar-refractivity contribution in [2.45, 2.75) is 52.0 Å². The molecule has 0 saturated carbocycles. The zero-order valence-corrected chi connectivity index (χ0v) is 11.7. The fourth-order valence-electron chi connectivity index (χ4n) is 2.48. The van der Waals surface area contributed by atoms with Gasteiger partial charge in [0.25, 0.3) is 0 Å². The molecule has 0 radical (unpaired) electrons. The van der Waals surface area contributed by atoms with Crippen LogP contribution in [-0.4, -0.2) is 43.8 Å². The number of likely N-dealkylation sites (tertiary alicyclic amines) is 1. The monoisotopic (exact) mass is 242 g/mol. The predicted molar refractivity (Wildman–Crippen MR) is 73.2 cm³/mol. The quantitative estimate of drug-likeness (QED) is 0.664. The van der Waals surface area contributed by atoms with Gasteiger partial charge in [0.15, 0.2) is 0 Å². The van der Waals surface area contributed by atoms with Crippen molar-refractivity contribution in [3.8, 4) is 0 Å². The Bertz CT molecular complexity index is 183. The van der Waals surface area contributed by atoms with Gasteiger partial charge in [0.1, 0.15) is 0 Å². The molecule has 1 rings (SSSR count). The van der Waals surface area contributed by atoms with Gasteiger partial charge in [-0.25, -0.2) is 0 Å². The second kappa shape index (κ2) is 8.90. The summed E-state index contributed by atoms with van der Waals surface area (Å²) in [5, 5.41) is 0. The van der Waals surface area contributed by atoms with E-state index >= 15 is 0 Å². The van der Waals surface area contributed by atoms with Crippen LogP contribution in [-0.2, 0) is 4.74 Å². The van der Waals surface area contributed by atoms with Crippen molar-refractivity contribution in [3.63, 3.8) is 0 Å². The van der Waals surface area contributed by atoms with Gasteiger partial charge in [-0.2, -0.15) is 0 Å². The van der Waals surface area contributed by atoms with Crippen LogP contribution in [0.1, 0.15) is 46.0 Å². The third-order valence-corrected chi connectivity index (χ3v) is 3.61. The van der Waals surface area contributed by atoms with Gasteiger partial charge in [-0.1, -0.05) is 20.3 Å². The van der Waals surface area contributed by atoms with Crippen molar-refractivity contribution < 1.29 is 4.74 Å². The van der Waals surface area contributed by atoms with Gasteiger partial charge in [-0.05, 0) is 44.7 Å². The summed E-state index contributed by atoms with van der Waals surface area (Å²) in [6.07, 6.45) is 6.35. The van der Waals surface area contributed by atoms with E-state index in [9.17, 15) is 0 Å². The van der Waals surface area contributed by atoms with Gasteiger partial charge in [0, 0.05) is 19.2 Å². The highest BCUT2D eigenvalue weighted by atomic mass is 16.5. The Balaban J connectivity index is 2.10. The minimum absolute atomic E-state index is 0.711. The van der Waals surface area contributed by atoms with Crippen molar-refractivity contribution in [1.82, 2.24) is 4.90 Å². The molecule has 0 spiro atoms. The lowest BCUT2D eigenvalue weighted by molar-refractivity contribution is 0.0654. The van der Waals surface area contributed by atoms with E-state index in [1.54, 1.807) is 0 Å². The first-order valence-electron chi connectivity index (χ1n) is 7.26. The van der Waals surface area contributed by atoms with Gasteiger partial charge in [-0.15, -0.1) is 0 Å². The Labute approximate surface area is 107 Å². The van der Waals surface area contributed by atoms with Crippen LogP contribution >= 0.6 is 0 Å². The summed E-state index contributed by atoms with van der Waals surface area (Å²) in [7, 11) is 0. The van der Waals surface area contributed by atoms with Crippen LogP contribution in [0.15, 0.2) is 0 Å². The summed E-state index contributed by atoms with van der Waals surface area (Å²) in [5.41, 5.74) is 5.67. The molecular weight excluding hydrogens is 212 g/mol. The summed E-state index contributed by atoms with van der Waals surface area (Å²) in [6, 6.07) is 0.711. The Morgan fingerprint density at radius 3 is 2.82 bits per heavy atom. The van der Waals surface area contributed by atoms with Gasteiger partial charge >= 0.3 is 0 Å². The number of hydrogen-bond acceptors (Lipinski definition) is 3. The summed E-state index contributed by atoms with van der Waals surface area (Å²) in [5.74, 6) is 0.745. The van der Waals surface area contributed by atoms with E-state index in [2.05, 4.69) is 18.7 Å². The third-order valence-electron chi connectivity index (χ3n) is 3.61. The lowest BCUT2D eigenvalue weighted by Crippen LogP contribution is -2.42. The Hall–Kier alpha value is -0.120. The van der Waals surface area contributed by atoms with Gasteiger partial charge in [0.2, 0.25) is 0 Å². The molecule has 1 heterocycles. The fourth-order valence-corrected chi connectivity index (χ4v) is 2.48. The first-order chi connectivity index (χ1) is 8.24. The third kappa shape index (κ3) is 6.39. The Morgan fingerprint density at radius 2 is 2.12 bits per heavy atom. The molecule has 0 amide bonds. The summed E-state index contributed by atoms with van der Waals surface area (Å²) in [6.45, 7) is 9.41. The van der Waals surface area contributed by atoms with Crippen LogP contribution in [0, 0.1) is 5.92 Å². The Morgan fingerprint density at radius 1 is 1.29 bits per heavy atom. The molecular formula is C14H30N2O. The van der Waals surface area contributed by atoms with E-state index in [0.717, 1.165) is 38.6 Å². The average molecular weight is 242 g/mol. The summed E-state index contributed by atoms with van der Waals surface area (Å²) < 4.78 is 5.70. The van der Waals surface area contributed by atoms with E-state index in [0.29, 0.717) is 6.04 Å². The molecule has 0 aromatic rings. The largest absolute Gasteiger partial charge is 0.380 e. The van der Waals surface area contributed by atoms with E-state index in [1.165, 1.54) is 32.2 Å². The van der Waals surface area contributed by atoms with Crippen molar-refractivity contribution >= 4 is 0 Å². The number of nitrogens with two attached hydrogens (primary N) is 1. The van der Waals surface area contributed by atoms with E-state index in [4.69, 9.17) is 10.5 Å². The van der Waals surface area contributed by atoms with Crippen molar-refractivity contribution in [3.05, 3.63) is 0 Å². The molecule has 102 valence electrons. The number of ether oxygens (including phenoxy) is 1. The van der Waals surface area contributed by atoms with Gasteiger partial charge in [0.05, 0.1) is 6.61 Å². The molecule has 2 N–H and O–H groups in total. The highest BCUT2D eigenvalue weighted by Crippen LogP contribution is 2.18. The molecule has 1 fully saturated rings. The van der Waals surface area contributed by atoms with Gasteiger partial charge < -0.3 is 10.5 Å². The second-order valence-electron chi connectivity index (χ2n) is 5.56. The number of nitrogens with zero attached hydrogens (tertiary/aromatic N) is 1. The first-order valence-corrected chi connectivity index (χ1v) is 7.26. The van der Waals surface area contributed by atoms with E-state index in [1.807, 2.05) is 0 Å². The smallest absolute Gasteiger partial charge is 0.0593 e. The van der Waals surface area contributed by atoms with Crippen molar-refractivity contribution in [1.29, 1.82) is 0 Å². The van der Waals surface area contributed by atoms with Gasteiger partial charge in [-0.3, -0.25) is 4.90 Å². The molecule has 0 aromatic heterocycles. The molecule has 0 aliphatic carbocycles. The van der Waals surface area contributed by atoms with Crippen LogP contribution in [0.2, 0.25) is 0 Å². The second-order valence-corrected chi connectivity index (χ2v) is 5.56. The molecule has 0 aromatic carbocycles. The molecule has 1 atom stereocenters. The van der Waals surface area contributed by atoms with Crippen LogP contribution in [0.4, 0.5) is 0 Å². The summed E-state index contributed by atoms with van der Waals surface area (Å²) >= 11 is 0. The Kier molecular flexibility index (Phi) is 7.82. The molecule has 1 unspecified atom stereocenters. The topological polar surface area (TPSA) is 38.5 Å². The highest BCUT2D eigenvalue weighted by Gasteiger charge is 2.20. The van der Waals surface area contributed by atoms with Crippen molar-refractivity contribution in [2.75, 3.05) is 32.8 Å².